The minimum absolute atomic E-state index is 0.0867. The summed E-state index contributed by atoms with van der Waals surface area (Å²) in [6.07, 6.45) is 0. The van der Waals surface area contributed by atoms with Crippen molar-refractivity contribution in [2.24, 2.45) is 0 Å². The molecule has 3 aromatic carbocycles. The summed E-state index contributed by atoms with van der Waals surface area (Å²) in [5.41, 5.74) is 15.0. The van der Waals surface area contributed by atoms with E-state index in [1.54, 1.807) is 0 Å². The van der Waals surface area contributed by atoms with Crippen LogP contribution in [0.15, 0.2) is 36.4 Å². The topological polar surface area (TPSA) is 6.48 Å². The number of halogens is 1. The zero-order valence-corrected chi connectivity index (χ0v) is 28.8. The van der Waals surface area contributed by atoms with E-state index in [0.717, 1.165) is 13.1 Å². The van der Waals surface area contributed by atoms with Gasteiger partial charge in [0.25, 0.3) is 0 Å². The third-order valence-corrected chi connectivity index (χ3v) is 9.41. The SMILES string of the molecule is C[CH]=[Ru][Cl].Cc1cc(C)c(N2[CH-]N(c3c(C)cc(C)cc3C)CC2)c(C)c1.Cc1cc(C)c([AsH])c(C)c1. The fraction of sp³-hybridized carbons (Fsp3) is 0.375. The number of aryl methyl sites for hydroxylation is 9. The number of benzene rings is 3. The Labute approximate surface area is 246 Å². The normalized spacial score (nSPS) is 13.1. The van der Waals surface area contributed by atoms with Crippen LogP contribution in [0.2, 0.25) is 0 Å². The predicted octanol–water partition coefficient (Wildman–Crippen LogP) is 7.17. The van der Waals surface area contributed by atoms with Gasteiger partial charge in [-0.1, -0.05) is 35.4 Å². The van der Waals surface area contributed by atoms with Gasteiger partial charge in [-0.05, 0) is 63.8 Å². The van der Waals surface area contributed by atoms with Crippen LogP contribution in [0.25, 0.3) is 0 Å². The monoisotopic (exact) mass is 667 g/mol. The molecule has 37 heavy (non-hydrogen) atoms. The second-order valence-corrected chi connectivity index (χ2v) is 13.4. The van der Waals surface area contributed by atoms with Crippen LogP contribution >= 0.6 is 9.69 Å². The molecule has 0 aromatic heterocycles. The summed E-state index contributed by atoms with van der Waals surface area (Å²) < 4.78 is 3.40. The van der Waals surface area contributed by atoms with Crippen molar-refractivity contribution < 1.29 is 15.7 Å². The molecule has 0 aliphatic carbocycles. The first-order chi connectivity index (χ1) is 17.4. The number of nitrogens with zero attached hydrogens (tertiary/aromatic N) is 2. The molecule has 0 N–H and O–H groups in total. The molecule has 1 saturated heterocycles. The molecular weight excluding hydrogens is 624 g/mol. The van der Waals surface area contributed by atoms with Crippen molar-refractivity contribution in [2.45, 2.75) is 69.2 Å². The fourth-order valence-corrected chi connectivity index (χ4v) is 5.57. The van der Waals surface area contributed by atoms with Gasteiger partial charge >= 0.3 is 108 Å². The predicted molar refractivity (Wildman–Crippen MR) is 165 cm³/mol. The summed E-state index contributed by atoms with van der Waals surface area (Å²) in [6, 6.07) is 13.6. The first-order valence-corrected chi connectivity index (χ1v) is 17.0. The van der Waals surface area contributed by atoms with E-state index in [1.165, 1.54) is 65.8 Å². The number of rotatable bonds is 2. The summed E-state index contributed by atoms with van der Waals surface area (Å²) >= 11 is 2.26. The minimum atomic E-state index is 0.0867. The van der Waals surface area contributed by atoms with Gasteiger partial charge in [-0.3, -0.25) is 0 Å². The molecule has 0 unspecified atom stereocenters. The zero-order chi connectivity index (χ0) is 27.9. The number of anilines is 2. The Morgan fingerprint density at radius 2 is 0.919 bits per heavy atom. The van der Waals surface area contributed by atoms with Gasteiger partial charge in [0.05, 0.1) is 0 Å². The summed E-state index contributed by atoms with van der Waals surface area (Å²) in [6.45, 7) is 26.0. The summed E-state index contributed by atoms with van der Waals surface area (Å²) in [5.74, 6) is 0. The Morgan fingerprint density at radius 1 is 0.649 bits per heavy atom. The molecule has 1 aliphatic rings. The molecule has 0 saturated carbocycles. The van der Waals surface area contributed by atoms with Gasteiger partial charge in [0, 0.05) is 24.5 Å². The van der Waals surface area contributed by atoms with E-state index in [-0.39, 0.29) is 15.7 Å². The van der Waals surface area contributed by atoms with Crippen molar-refractivity contribution in [3.05, 3.63) is 93.1 Å². The molecule has 202 valence electrons. The Balaban J connectivity index is 0.000000285. The molecule has 1 heterocycles. The first-order valence-electron chi connectivity index (χ1n) is 12.7. The van der Waals surface area contributed by atoms with Crippen LogP contribution in [-0.2, 0) is 15.7 Å². The van der Waals surface area contributed by atoms with Gasteiger partial charge in [0.15, 0.2) is 0 Å². The molecule has 0 atom stereocenters. The maximum absolute atomic E-state index is 5.22. The standard InChI is InChI=1S/C21H27N2.C9H12As.C2H4.ClH.Ru/c1-14-9-16(3)20(17(4)10-14)22-7-8-23(13-22)21-18(5)11-15(2)12-19(21)6;1-6-4-7(2)9(10)8(3)5-6;1-2;;/h9-13H,7-8H2,1-6H3;4-5,10H,1-3H3;1H,2H3;1H;/q-1;;;;+1/p-1. The quantitative estimate of drug-likeness (QED) is 0.212. The second-order valence-electron chi connectivity index (χ2n) is 10.1. The van der Waals surface area contributed by atoms with Crippen molar-refractivity contribution in [1.82, 2.24) is 0 Å². The third-order valence-electron chi connectivity index (χ3n) is 6.46. The molecule has 0 spiro atoms. The summed E-state index contributed by atoms with van der Waals surface area (Å²) in [4.78, 5) is 4.81. The van der Waals surface area contributed by atoms with Gasteiger partial charge in [0.2, 0.25) is 0 Å². The molecule has 4 rings (SSSR count). The molecule has 0 amide bonds. The van der Waals surface area contributed by atoms with E-state index >= 15 is 0 Å². The number of hydrogen-bond acceptors (Lipinski definition) is 2. The van der Waals surface area contributed by atoms with Gasteiger partial charge in [-0.15, -0.1) is 0 Å². The Hall–Kier alpha value is -1.40. The van der Waals surface area contributed by atoms with Crippen molar-refractivity contribution in [1.29, 1.82) is 0 Å². The van der Waals surface area contributed by atoms with Crippen LogP contribution in [0.1, 0.15) is 57.0 Å². The van der Waals surface area contributed by atoms with Gasteiger partial charge < -0.3 is 9.80 Å². The van der Waals surface area contributed by atoms with E-state index in [1.807, 2.05) is 11.5 Å². The van der Waals surface area contributed by atoms with Gasteiger partial charge in [-0.2, -0.15) is 6.67 Å². The summed E-state index contributed by atoms with van der Waals surface area (Å²) in [5, 5.41) is 0. The van der Waals surface area contributed by atoms with E-state index in [0.29, 0.717) is 0 Å². The average Bonchev–Trinajstić information content (AvgIpc) is 3.25. The Morgan fingerprint density at radius 3 is 1.19 bits per heavy atom. The molecular formula is C32H43AsClN2Ru-. The molecule has 0 bridgehead atoms. The Kier molecular flexibility index (Phi) is 12.6. The van der Waals surface area contributed by atoms with Crippen molar-refractivity contribution >= 4 is 46.9 Å². The van der Waals surface area contributed by atoms with Crippen LogP contribution in [0.4, 0.5) is 11.4 Å². The van der Waals surface area contributed by atoms with Crippen molar-refractivity contribution in [3.8, 4) is 0 Å². The van der Waals surface area contributed by atoms with Crippen molar-refractivity contribution in [2.75, 3.05) is 22.9 Å². The fourth-order valence-electron chi connectivity index (χ4n) is 5.27. The van der Waals surface area contributed by atoms with E-state index < -0.39 is 0 Å². The maximum atomic E-state index is 5.22. The molecule has 1 aliphatic heterocycles. The molecule has 2 nitrogen and oxygen atoms in total. The Bertz CT molecular complexity index is 1120. The van der Waals surface area contributed by atoms with Crippen LogP contribution in [0.5, 0.6) is 0 Å². The van der Waals surface area contributed by atoms with Crippen LogP contribution < -0.4 is 14.2 Å². The molecule has 3 aromatic rings. The molecule has 1 fully saturated rings. The molecule has 1 radical (unpaired) electrons. The number of hydrogen-bond donors (Lipinski definition) is 0. The van der Waals surface area contributed by atoms with Crippen LogP contribution in [-0.4, -0.2) is 34.6 Å². The average molecular weight is 667 g/mol. The van der Waals surface area contributed by atoms with Gasteiger partial charge in [-0.25, -0.2) is 0 Å². The van der Waals surface area contributed by atoms with E-state index in [4.69, 9.17) is 9.69 Å². The second kappa shape index (κ2) is 14.7. The zero-order valence-electron chi connectivity index (χ0n) is 24.2. The summed E-state index contributed by atoms with van der Waals surface area (Å²) in [7, 11) is 5.22. The van der Waals surface area contributed by atoms with E-state index in [9.17, 15) is 0 Å². The third kappa shape index (κ3) is 8.81. The van der Waals surface area contributed by atoms with Gasteiger partial charge in [0.1, 0.15) is 0 Å². The van der Waals surface area contributed by atoms with E-state index in [2.05, 4.69) is 132 Å². The van der Waals surface area contributed by atoms with Crippen LogP contribution in [0, 0.1) is 69.0 Å². The van der Waals surface area contributed by atoms with Crippen LogP contribution in [0.3, 0.4) is 0 Å². The first kappa shape index (κ1) is 31.8. The van der Waals surface area contributed by atoms with Crippen molar-refractivity contribution in [3.63, 3.8) is 0 Å². The molecule has 5 heteroatoms.